The number of benzene rings is 2. The minimum atomic E-state index is -0.664. The highest BCUT2D eigenvalue weighted by molar-refractivity contribution is 6.15. The number of carbonyl (C=O) groups excluding carboxylic acids is 2. The zero-order chi connectivity index (χ0) is 27.3. The summed E-state index contributed by atoms with van der Waals surface area (Å²) < 4.78 is 18.9. The van der Waals surface area contributed by atoms with Crippen molar-refractivity contribution in [1.82, 2.24) is 9.55 Å². The highest BCUT2D eigenvalue weighted by atomic mass is 16.5. The Morgan fingerprint density at radius 2 is 1.95 bits per heavy atom. The van der Waals surface area contributed by atoms with E-state index in [4.69, 9.17) is 14.2 Å². The van der Waals surface area contributed by atoms with Gasteiger partial charge in [-0.2, -0.15) is 0 Å². The maximum Gasteiger partial charge on any atom is 0.312 e. The molecule has 1 atom stereocenters. The summed E-state index contributed by atoms with van der Waals surface area (Å²) in [6.07, 6.45) is 4.85. The van der Waals surface area contributed by atoms with Gasteiger partial charge in [0, 0.05) is 41.4 Å². The predicted octanol–water partition coefficient (Wildman–Crippen LogP) is 5.12. The van der Waals surface area contributed by atoms with E-state index in [0.29, 0.717) is 40.3 Å². The number of ether oxygens (including phenoxy) is 3. The number of nitrogens with zero attached hydrogens (tertiary/aromatic N) is 2. The van der Waals surface area contributed by atoms with Crippen molar-refractivity contribution in [1.29, 1.82) is 0 Å². The Morgan fingerprint density at radius 3 is 2.69 bits per heavy atom. The fraction of sp³-hybridized carbons (Fsp3) is 0.226. The summed E-state index contributed by atoms with van der Waals surface area (Å²) in [6, 6.07) is 14.2. The van der Waals surface area contributed by atoms with Gasteiger partial charge in [0.1, 0.15) is 17.2 Å². The molecule has 4 heterocycles. The van der Waals surface area contributed by atoms with Gasteiger partial charge in [0.25, 0.3) is 5.56 Å². The van der Waals surface area contributed by atoms with Gasteiger partial charge in [0.2, 0.25) is 5.78 Å². The number of Topliss-reactive ketones (excluding diaryl/α,β-unsaturated/α-hetero) is 1. The molecule has 0 unspecified atom stereocenters. The molecule has 0 saturated carbocycles. The van der Waals surface area contributed by atoms with Crippen molar-refractivity contribution in [3.63, 3.8) is 0 Å². The van der Waals surface area contributed by atoms with E-state index in [1.165, 1.54) is 0 Å². The van der Waals surface area contributed by atoms with Crippen LogP contribution in [0.25, 0.3) is 17.0 Å². The van der Waals surface area contributed by atoms with E-state index in [1.807, 2.05) is 44.2 Å². The van der Waals surface area contributed by atoms with E-state index in [1.54, 1.807) is 48.3 Å². The summed E-state index contributed by atoms with van der Waals surface area (Å²) in [5.74, 6) is 0.197. The number of esters is 1. The summed E-state index contributed by atoms with van der Waals surface area (Å²) in [4.78, 5) is 44.1. The zero-order valence-corrected chi connectivity index (χ0v) is 21.8. The first-order chi connectivity index (χ1) is 18.8. The van der Waals surface area contributed by atoms with Crippen LogP contribution in [0.4, 0.5) is 0 Å². The molecule has 0 saturated heterocycles. The van der Waals surface area contributed by atoms with E-state index < -0.39 is 11.9 Å². The van der Waals surface area contributed by atoms with Crippen LogP contribution in [0.3, 0.4) is 0 Å². The molecule has 2 aromatic heterocycles. The molecule has 0 spiro atoms. The van der Waals surface area contributed by atoms with Gasteiger partial charge in [-0.1, -0.05) is 19.9 Å². The quantitative estimate of drug-likeness (QED) is 0.204. The first kappa shape index (κ1) is 24.6. The lowest BCUT2D eigenvalue weighted by molar-refractivity contribution is -0.135. The average molecular weight is 523 g/mol. The van der Waals surface area contributed by atoms with Crippen molar-refractivity contribution in [2.45, 2.75) is 32.7 Å². The fourth-order valence-electron chi connectivity index (χ4n) is 5.30. The number of hydrogen-bond acceptors (Lipinski definition) is 7. The average Bonchev–Trinajstić information content (AvgIpc) is 3.24. The van der Waals surface area contributed by atoms with Crippen molar-refractivity contribution in [3.8, 4) is 17.2 Å². The third kappa shape index (κ3) is 4.27. The predicted molar refractivity (Wildman–Crippen MR) is 145 cm³/mol. The van der Waals surface area contributed by atoms with Gasteiger partial charge < -0.3 is 18.8 Å². The van der Waals surface area contributed by atoms with Crippen LogP contribution < -0.4 is 19.8 Å². The normalized spacial score (nSPS) is 17.2. The molecular formula is C31H26N2O6. The number of aromatic nitrogens is 2. The van der Waals surface area contributed by atoms with Crippen LogP contribution >= 0.6 is 0 Å². The lowest BCUT2D eigenvalue weighted by atomic mass is 9.84. The number of pyridine rings is 2. The molecule has 0 radical (unpaired) electrons. The smallest absolute Gasteiger partial charge is 0.312 e. The summed E-state index contributed by atoms with van der Waals surface area (Å²) in [5.41, 5.74) is 2.61. The summed E-state index contributed by atoms with van der Waals surface area (Å²) in [6.45, 7) is 4.59. The van der Waals surface area contributed by atoms with Crippen molar-refractivity contribution in [3.05, 3.63) is 99.3 Å². The van der Waals surface area contributed by atoms with Crippen molar-refractivity contribution >= 4 is 28.7 Å². The summed E-state index contributed by atoms with van der Waals surface area (Å²) >= 11 is 0. The highest BCUT2D eigenvalue weighted by Crippen LogP contribution is 2.48. The minimum absolute atomic E-state index is 0.0605. The molecule has 4 aromatic rings. The van der Waals surface area contributed by atoms with E-state index in [0.717, 1.165) is 10.9 Å². The Hall–Kier alpha value is -4.72. The van der Waals surface area contributed by atoms with Crippen LogP contribution in [0.5, 0.6) is 17.2 Å². The topological polar surface area (TPSA) is 96.7 Å². The number of hydrogen-bond donors (Lipinski definition) is 0. The molecule has 6 rings (SSSR count). The maximum atomic E-state index is 14.0. The van der Waals surface area contributed by atoms with Crippen LogP contribution in [-0.4, -0.2) is 28.4 Å². The monoisotopic (exact) mass is 522 g/mol. The lowest BCUT2D eigenvalue weighted by Crippen LogP contribution is -2.31. The molecule has 2 aliphatic rings. The number of methoxy groups -OCH3 is 1. The van der Waals surface area contributed by atoms with E-state index in [-0.39, 0.29) is 35.2 Å². The lowest BCUT2D eigenvalue weighted by Gasteiger charge is -2.27. The highest BCUT2D eigenvalue weighted by Gasteiger charge is 2.39. The van der Waals surface area contributed by atoms with Crippen LogP contribution in [0, 0.1) is 5.92 Å². The SMILES string of the molecule is COc1ccc2c(c1)cc([C@@H]1CC(=O)Oc3ccc4c(c31)O/C(=C/c1cccnc1)C4=O)c(=O)n2CC(C)C. The van der Waals surface area contributed by atoms with Crippen LogP contribution in [0.1, 0.15) is 53.2 Å². The second-order valence-corrected chi connectivity index (χ2v) is 10.1. The zero-order valence-electron chi connectivity index (χ0n) is 21.8. The number of ketones is 1. The van der Waals surface area contributed by atoms with Gasteiger partial charge in [-0.15, -0.1) is 0 Å². The molecule has 196 valence electrons. The van der Waals surface area contributed by atoms with Crippen molar-refractivity contribution in [2.24, 2.45) is 5.92 Å². The molecule has 0 amide bonds. The van der Waals surface area contributed by atoms with Crippen molar-refractivity contribution in [2.75, 3.05) is 7.11 Å². The first-order valence-electron chi connectivity index (χ1n) is 12.8. The Morgan fingerprint density at radius 1 is 1.10 bits per heavy atom. The van der Waals surface area contributed by atoms with Gasteiger partial charge in [0.15, 0.2) is 5.76 Å². The molecular weight excluding hydrogens is 496 g/mol. The molecule has 39 heavy (non-hydrogen) atoms. The molecule has 8 nitrogen and oxygen atoms in total. The Balaban J connectivity index is 1.55. The van der Waals surface area contributed by atoms with Gasteiger partial charge in [-0.25, -0.2) is 0 Å². The third-order valence-corrected chi connectivity index (χ3v) is 7.01. The molecule has 0 bridgehead atoms. The van der Waals surface area contributed by atoms with E-state index >= 15 is 0 Å². The van der Waals surface area contributed by atoms with Crippen LogP contribution in [-0.2, 0) is 11.3 Å². The van der Waals surface area contributed by atoms with E-state index in [9.17, 15) is 14.4 Å². The second-order valence-electron chi connectivity index (χ2n) is 10.1. The number of allylic oxidation sites excluding steroid dienone is 1. The molecule has 2 aromatic carbocycles. The number of fused-ring (bicyclic) bond motifs is 4. The molecule has 0 fully saturated rings. The van der Waals surface area contributed by atoms with Gasteiger partial charge in [-0.05, 0) is 60.0 Å². The molecule has 2 aliphatic heterocycles. The van der Waals surface area contributed by atoms with Crippen molar-refractivity contribution < 1.29 is 23.8 Å². The summed E-state index contributed by atoms with van der Waals surface area (Å²) in [5, 5.41) is 0.812. The second kappa shape index (κ2) is 9.54. The minimum Gasteiger partial charge on any atom is -0.497 e. The number of carbonyl (C=O) groups is 2. The third-order valence-electron chi connectivity index (χ3n) is 7.01. The van der Waals surface area contributed by atoms with Gasteiger partial charge in [0.05, 0.1) is 24.6 Å². The van der Waals surface area contributed by atoms with Gasteiger partial charge >= 0.3 is 5.97 Å². The molecule has 8 heteroatoms. The number of rotatable bonds is 5. The fourth-order valence-corrected chi connectivity index (χ4v) is 5.30. The molecule has 0 aliphatic carbocycles. The standard InChI is InChI=1S/C31H26N2O6/c1-17(2)16-33-24-8-6-20(37-3)12-19(24)13-23(31(33)36)22-14-27(34)38-25-9-7-21-29(35)26(39-30(21)28(22)25)11-18-5-4-10-32-15-18/h4-13,15,17,22H,14,16H2,1-3H3/b26-11+/t22-/m0/s1. The van der Waals surface area contributed by atoms with Gasteiger partial charge in [-0.3, -0.25) is 19.4 Å². The Kier molecular flexibility index (Phi) is 6.02. The molecule has 0 N–H and O–H groups in total. The Bertz CT molecular complexity index is 1740. The van der Waals surface area contributed by atoms with E-state index in [2.05, 4.69) is 4.98 Å². The first-order valence-corrected chi connectivity index (χ1v) is 12.8. The largest absolute Gasteiger partial charge is 0.497 e. The van der Waals surface area contributed by atoms with Crippen LogP contribution in [0.2, 0.25) is 0 Å². The summed E-state index contributed by atoms with van der Waals surface area (Å²) in [7, 11) is 1.59. The Labute approximate surface area is 224 Å². The van der Waals surface area contributed by atoms with Crippen LogP contribution in [0.15, 0.2) is 71.5 Å². The maximum absolute atomic E-state index is 14.0.